The normalized spacial score (nSPS) is 21.7. The van der Waals surface area contributed by atoms with Gasteiger partial charge in [0.15, 0.2) is 0 Å². The number of hydrogen-bond acceptors (Lipinski definition) is 4. The Morgan fingerprint density at radius 3 is 2.94 bits per heavy atom. The van der Waals surface area contributed by atoms with Crippen LogP contribution in [0.1, 0.15) is 13.8 Å². The van der Waals surface area contributed by atoms with E-state index in [1.165, 1.54) is 0 Å². The van der Waals surface area contributed by atoms with Crippen LogP contribution in [0, 0.1) is 5.92 Å². The van der Waals surface area contributed by atoms with Crippen molar-refractivity contribution in [2.24, 2.45) is 5.92 Å². The fraction of sp³-hybridized carbons (Fsp3) is 0.857. The summed E-state index contributed by atoms with van der Waals surface area (Å²) < 4.78 is 5.81. The van der Waals surface area contributed by atoms with Crippen LogP contribution in [-0.2, 0) is 4.74 Å². The summed E-state index contributed by atoms with van der Waals surface area (Å²) >= 11 is 0. The molecule has 0 saturated carbocycles. The molecule has 4 nitrogen and oxygen atoms in total. The maximum absolute atomic E-state index is 9.04. The molecule has 18 heavy (non-hydrogen) atoms. The molecule has 1 heterocycles. The summed E-state index contributed by atoms with van der Waals surface area (Å²) in [6.07, 6.45) is 2.13. The monoisotopic (exact) mass is 256 g/mol. The minimum atomic E-state index is 0.191. The molecule has 1 unspecified atom stereocenters. The largest absolute Gasteiger partial charge is 0.395 e. The second-order valence-electron chi connectivity index (χ2n) is 5.42. The van der Waals surface area contributed by atoms with Crippen molar-refractivity contribution in [3.05, 3.63) is 12.7 Å². The fourth-order valence-electron chi connectivity index (χ4n) is 2.44. The van der Waals surface area contributed by atoms with Gasteiger partial charge in [0.25, 0.3) is 0 Å². The van der Waals surface area contributed by atoms with E-state index in [2.05, 4.69) is 30.2 Å². The van der Waals surface area contributed by atoms with Crippen molar-refractivity contribution in [3.63, 3.8) is 0 Å². The van der Waals surface area contributed by atoms with Gasteiger partial charge in [0.1, 0.15) is 0 Å². The maximum Gasteiger partial charge on any atom is 0.0829 e. The van der Waals surface area contributed by atoms with Crippen LogP contribution in [0.15, 0.2) is 12.7 Å². The lowest BCUT2D eigenvalue weighted by Gasteiger charge is -2.36. The number of aliphatic hydroxyl groups is 1. The van der Waals surface area contributed by atoms with E-state index in [0.717, 1.165) is 39.3 Å². The van der Waals surface area contributed by atoms with Gasteiger partial charge in [0, 0.05) is 39.3 Å². The van der Waals surface area contributed by atoms with E-state index >= 15 is 0 Å². The first-order valence-electron chi connectivity index (χ1n) is 6.93. The van der Waals surface area contributed by atoms with E-state index in [1.54, 1.807) is 0 Å². The van der Waals surface area contributed by atoms with E-state index in [0.29, 0.717) is 12.5 Å². The van der Waals surface area contributed by atoms with Gasteiger partial charge in [-0.25, -0.2) is 0 Å². The molecule has 0 radical (unpaired) electrons. The van der Waals surface area contributed by atoms with Crippen LogP contribution in [0.5, 0.6) is 0 Å². The molecule has 1 rings (SSSR count). The molecule has 0 amide bonds. The quantitative estimate of drug-likeness (QED) is 0.652. The molecule has 1 N–H and O–H groups in total. The number of nitrogens with zero attached hydrogens (tertiary/aromatic N) is 2. The number of aliphatic hydroxyl groups excluding tert-OH is 1. The minimum absolute atomic E-state index is 0.191. The third kappa shape index (κ3) is 5.96. The second kappa shape index (κ2) is 8.64. The second-order valence-corrected chi connectivity index (χ2v) is 5.42. The predicted octanol–water partition coefficient (Wildman–Crippen LogP) is 0.824. The highest BCUT2D eigenvalue weighted by molar-refractivity contribution is 4.79. The van der Waals surface area contributed by atoms with Gasteiger partial charge in [-0.1, -0.05) is 19.9 Å². The Morgan fingerprint density at radius 2 is 2.33 bits per heavy atom. The minimum Gasteiger partial charge on any atom is -0.395 e. The Balaban J connectivity index is 2.37. The van der Waals surface area contributed by atoms with Crippen molar-refractivity contribution in [1.82, 2.24) is 9.80 Å². The van der Waals surface area contributed by atoms with Crippen LogP contribution in [-0.4, -0.2) is 73.5 Å². The lowest BCUT2D eigenvalue weighted by molar-refractivity contribution is -0.0459. The number of ether oxygens (including phenoxy) is 1. The predicted molar refractivity (Wildman–Crippen MR) is 74.7 cm³/mol. The Morgan fingerprint density at radius 1 is 1.56 bits per heavy atom. The molecular weight excluding hydrogens is 228 g/mol. The number of rotatable bonds is 8. The highest BCUT2D eigenvalue weighted by Crippen LogP contribution is 2.09. The van der Waals surface area contributed by atoms with E-state index < -0.39 is 0 Å². The molecule has 1 atom stereocenters. The lowest BCUT2D eigenvalue weighted by atomic mass is 10.1. The molecular formula is C14H28N2O2. The zero-order chi connectivity index (χ0) is 13.4. The molecule has 0 aromatic rings. The van der Waals surface area contributed by atoms with Gasteiger partial charge in [-0.2, -0.15) is 0 Å². The lowest BCUT2D eigenvalue weighted by Crippen LogP contribution is -2.48. The Kier molecular flexibility index (Phi) is 7.51. The van der Waals surface area contributed by atoms with Crippen molar-refractivity contribution >= 4 is 0 Å². The first kappa shape index (κ1) is 15.6. The zero-order valence-electron chi connectivity index (χ0n) is 11.8. The summed E-state index contributed by atoms with van der Waals surface area (Å²) in [5.74, 6) is 0.700. The van der Waals surface area contributed by atoms with Crippen LogP contribution >= 0.6 is 0 Å². The SMILES string of the molecule is C=CCN(CCO)CC1CN(CC(C)C)CCO1. The third-order valence-corrected chi connectivity index (χ3v) is 3.11. The molecule has 0 aliphatic carbocycles. The van der Waals surface area contributed by atoms with Crippen molar-refractivity contribution in [2.75, 3.05) is 52.5 Å². The summed E-state index contributed by atoms with van der Waals surface area (Å²) in [6.45, 7) is 14.8. The van der Waals surface area contributed by atoms with Crippen LogP contribution in [0.2, 0.25) is 0 Å². The van der Waals surface area contributed by atoms with Gasteiger partial charge in [0.2, 0.25) is 0 Å². The summed E-state index contributed by atoms with van der Waals surface area (Å²) in [4.78, 5) is 4.67. The van der Waals surface area contributed by atoms with E-state index in [-0.39, 0.29) is 12.7 Å². The molecule has 0 aromatic heterocycles. The van der Waals surface area contributed by atoms with E-state index in [4.69, 9.17) is 9.84 Å². The molecule has 1 aliphatic heterocycles. The van der Waals surface area contributed by atoms with Gasteiger partial charge in [-0.05, 0) is 5.92 Å². The first-order chi connectivity index (χ1) is 8.65. The van der Waals surface area contributed by atoms with Gasteiger partial charge in [-0.3, -0.25) is 9.80 Å². The molecule has 106 valence electrons. The molecule has 0 spiro atoms. The van der Waals surface area contributed by atoms with Crippen molar-refractivity contribution in [2.45, 2.75) is 20.0 Å². The maximum atomic E-state index is 9.04. The number of morpholine rings is 1. The van der Waals surface area contributed by atoms with Gasteiger partial charge < -0.3 is 9.84 Å². The van der Waals surface area contributed by atoms with Crippen LogP contribution in [0.25, 0.3) is 0 Å². The van der Waals surface area contributed by atoms with E-state index in [1.807, 2.05) is 6.08 Å². The smallest absolute Gasteiger partial charge is 0.0829 e. The van der Waals surface area contributed by atoms with Crippen LogP contribution in [0.3, 0.4) is 0 Å². The molecule has 4 heteroatoms. The van der Waals surface area contributed by atoms with Gasteiger partial charge >= 0.3 is 0 Å². The summed E-state index contributed by atoms with van der Waals surface area (Å²) in [7, 11) is 0. The molecule has 1 fully saturated rings. The topological polar surface area (TPSA) is 35.9 Å². The third-order valence-electron chi connectivity index (χ3n) is 3.11. The van der Waals surface area contributed by atoms with Crippen LogP contribution in [0.4, 0.5) is 0 Å². The Hall–Kier alpha value is -0.420. The highest BCUT2D eigenvalue weighted by Gasteiger charge is 2.22. The molecule has 1 saturated heterocycles. The van der Waals surface area contributed by atoms with Crippen molar-refractivity contribution < 1.29 is 9.84 Å². The van der Waals surface area contributed by atoms with Gasteiger partial charge in [0.05, 0.1) is 19.3 Å². The number of hydrogen-bond donors (Lipinski definition) is 1. The molecule has 0 aromatic carbocycles. The summed E-state index contributed by atoms with van der Waals surface area (Å²) in [5.41, 5.74) is 0. The van der Waals surface area contributed by atoms with Crippen molar-refractivity contribution in [1.29, 1.82) is 0 Å². The Bertz CT molecular complexity index is 234. The van der Waals surface area contributed by atoms with E-state index in [9.17, 15) is 0 Å². The molecule has 0 bridgehead atoms. The summed E-state index contributed by atoms with van der Waals surface area (Å²) in [6, 6.07) is 0. The summed E-state index contributed by atoms with van der Waals surface area (Å²) in [5, 5.41) is 9.04. The highest BCUT2D eigenvalue weighted by atomic mass is 16.5. The first-order valence-corrected chi connectivity index (χ1v) is 6.93. The Labute approximate surface area is 111 Å². The van der Waals surface area contributed by atoms with Crippen molar-refractivity contribution in [3.8, 4) is 0 Å². The molecule has 1 aliphatic rings. The average Bonchev–Trinajstić information content (AvgIpc) is 2.29. The average molecular weight is 256 g/mol. The fourth-order valence-corrected chi connectivity index (χ4v) is 2.44. The van der Waals surface area contributed by atoms with Gasteiger partial charge in [-0.15, -0.1) is 6.58 Å². The standard InChI is InChI=1S/C14H28N2O2/c1-4-5-15(6-8-17)11-14-12-16(7-9-18-14)10-13(2)3/h4,13-14,17H,1,5-12H2,2-3H3. The van der Waals surface area contributed by atoms with Crippen LogP contribution < -0.4 is 0 Å². The zero-order valence-corrected chi connectivity index (χ0v) is 11.8.